The first-order valence-electron chi connectivity index (χ1n) is 14.3. The Labute approximate surface area is 247 Å². The van der Waals surface area contributed by atoms with Crippen molar-refractivity contribution in [1.29, 1.82) is 0 Å². The lowest BCUT2D eigenvalue weighted by atomic mass is 10.1. The van der Waals surface area contributed by atoms with E-state index in [2.05, 4.69) is 32.7 Å². The molecule has 8 nitrogen and oxygen atoms in total. The van der Waals surface area contributed by atoms with E-state index in [1.165, 1.54) is 16.9 Å². The summed E-state index contributed by atoms with van der Waals surface area (Å²) in [5.74, 6) is -1.23. The molecule has 0 saturated heterocycles. The standard InChI is InChI=1S/C31H35F2N5O3S/c32-22-18-23(33)20-25(19-22)41-17-16-38(14-4-3-7-24-11-10-21-6-5-13-34-29(21)35-24)15-12-27(30(39)40)37-31-36-26-8-1-2-9-28(26)42-31/h1-2,8-11,18-20,27H,3-7,12-17H2,(H,34,35)(H,36,37)(H,39,40). The average molecular weight is 596 g/mol. The Morgan fingerprint density at radius 3 is 2.71 bits per heavy atom. The fourth-order valence-electron chi connectivity index (χ4n) is 5.04. The van der Waals surface area contributed by atoms with Crippen molar-refractivity contribution in [3.63, 3.8) is 0 Å². The highest BCUT2D eigenvalue weighted by Gasteiger charge is 2.20. The quantitative estimate of drug-likeness (QED) is 0.144. The maximum absolute atomic E-state index is 13.6. The second-order valence-corrected chi connectivity index (χ2v) is 11.4. The zero-order chi connectivity index (χ0) is 29.3. The Bertz CT molecular complexity index is 1450. The van der Waals surface area contributed by atoms with Crippen LogP contribution in [0.25, 0.3) is 10.2 Å². The van der Waals surface area contributed by atoms with Crippen molar-refractivity contribution >= 4 is 38.5 Å². The SMILES string of the molecule is O=C(O)C(CCN(CCCCc1ccc2c(n1)NCCC2)CCOc1cc(F)cc(F)c1)Nc1nc2ccccc2s1. The predicted octanol–water partition coefficient (Wildman–Crippen LogP) is 5.99. The van der Waals surface area contributed by atoms with Gasteiger partial charge in [-0.15, -0.1) is 0 Å². The Hall–Kier alpha value is -3.83. The molecule has 1 atom stereocenters. The molecule has 3 heterocycles. The molecule has 42 heavy (non-hydrogen) atoms. The van der Waals surface area contributed by atoms with Crippen LogP contribution in [0, 0.1) is 11.6 Å². The molecule has 0 radical (unpaired) electrons. The Morgan fingerprint density at radius 1 is 1.07 bits per heavy atom. The molecule has 0 fully saturated rings. The second-order valence-electron chi connectivity index (χ2n) is 10.4. The summed E-state index contributed by atoms with van der Waals surface area (Å²) >= 11 is 1.42. The van der Waals surface area contributed by atoms with E-state index < -0.39 is 23.6 Å². The number of rotatable bonds is 15. The number of anilines is 2. The molecule has 1 aliphatic rings. The maximum Gasteiger partial charge on any atom is 0.326 e. The number of carbonyl (C=O) groups is 1. The lowest BCUT2D eigenvalue weighted by molar-refractivity contribution is -0.138. The van der Waals surface area contributed by atoms with E-state index in [0.717, 1.165) is 85.1 Å². The Balaban J connectivity index is 1.17. The van der Waals surface area contributed by atoms with Crippen LogP contribution in [0.1, 0.15) is 36.9 Å². The van der Waals surface area contributed by atoms with Crippen molar-refractivity contribution in [2.45, 2.75) is 44.6 Å². The van der Waals surface area contributed by atoms with Crippen molar-refractivity contribution in [2.24, 2.45) is 0 Å². The molecule has 0 aliphatic carbocycles. The average Bonchev–Trinajstić information content (AvgIpc) is 3.39. The molecule has 5 rings (SSSR count). The molecule has 0 bridgehead atoms. The number of aryl methyl sites for hydroxylation is 2. The van der Waals surface area contributed by atoms with Gasteiger partial charge in [0.15, 0.2) is 5.13 Å². The number of fused-ring (bicyclic) bond motifs is 2. The van der Waals surface area contributed by atoms with E-state index >= 15 is 0 Å². The van der Waals surface area contributed by atoms with Gasteiger partial charge in [0.2, 0.25) is 0 Å². The summed E-state index contributed by atoms with van der Waals surface area (Å²) < 4.78 is 33.8. The topological polar surface area (TPSA) is 99.6 Å². The number of aliphatic carboxylic acids is 1. The number of hydrogen-bond acceptors (Lipinski definition) is 8. The number of halogens is 2. The van der Waals surface area contributed by atoms with E-state index in [1.807, 2.05) is 24.3 Å². The summed E-state index contributed by atoms with van der Waals surface area (Å²) in [5, 5.41) is 16.9. The summed E-state index contributed by atoms with van der Waals surface area (Å²) in [6.07, 6.45) is 5.17. The number of carboxylic acids is 1. The molecule has 2 aromatic carbocycles. The minimum atomic E-state index is -0.951. The highest BCUT2D eigenvalue weighted by Crippen LogP contribution is 2.26. The largest absolute Gasteiger partial charge is 0.492 e. The van der Waals surface area contributed by atoms with Gasteiger partial charge in [-0.3, -0.25) is 4.90 Å². The lowest BCUT2D eigenvalue weighted by Gasteiger charge is -2.24. The number of para-hydroxylation sites is 1. The van der Waals surface area contributed by atoms with Crippen LogP contribution in [-0.4, -0.2) is 64.8 Å². The van der Waals surface area contributed by atoms with Crippen molar-refractivity contribution in [3.05, 3.63) is 77.5 Å². The van der Waals surface area contributed by atoms with Crippen LogP contribution in [0.4, 0.5) is 19.7 Å². The van der Waals surface area contributed by atoms with Gasteiger partial charge in [-0.05, 0) is 68.8 Å². The molecule has 11 heteroatoms. The van der Waals surface area contributed by atoms with Gasteiger partial charge in [0.25, 0.3) is 0 Å². The van der Waals surface area contributed by atoms with Gasteiger partial charge in [-0.2, -0.15) is 0 Å². The zero-order valence-electron chi connectivity index (χ0n) is 23.3. The van der Waals surface area contributed by atoms with Crippen LogP contribution in [0.2, 0.25) is 0 Å². The Kier molecular flexibility index (Phi) is 10.1. The molecular formula is C31H35F2N5O3S. The van der Waals surface area contributed by atoms with Crippen molar-refractivity contribution in [1.82, 2.24) is 14.9 Å². The highest BCUT2D eigenvalue weighted by molar-refractivity contribution is 7.22. The summed E-state index contributed by atoms with van der Waals surface area (Å²) in [6, 6.07) is 14.2. The van der Waals surface area contributed by atoms with E-state index in [9.17, 15) is 18.7 Å². The number of nitrogens with zero attached hydrogens (tertiary/aromatic N) is 3. The van der Waals surface area contributed by atoms with Crippen LogP contribution in [0.15, 0.2) is 54.6 Å². The molecule has 0 spiro atoms. The Morgan fingerprint density at radius 2 is 1.90 bits per heavy atom. The van der Waals surface area contributed by atoms with Crippen LogP contribution in [0.3, 0.4) is 0 Å². The third kappa shape index (κ3) is 8.36. The number of hydrogen-bond donors (Lipinski definition) is 3. The number of carboxylic acid groups (broad SMARTS) is 1. The van der Waals surface area contributed by atoms with E-state index in [4.69, 9.17) is 9.72 Å². The minimum Gasteiger partial charge on any atom is -0.492 e. The molecule has 2 aromatic heterocycles. The van der Waals surface area contributed by atoms with Gasteiger partial charge in [0.1, 0.15) is 35.9 Å². The zero-order valence-corrected chi connectivity index (χ0v) is 24.1. The van der Waals surface area contributed by atoms with E-state index in [0.29, 0.717) is 24.6 Å². The summed E-state index contributed by atoms with van der Waals surface area (Å²) in [6.45, 7) is 2.86. The van der Waals surface area contributed by atoms with E-state index in [-0.39, 0.29) is 12.4 Å². The first kappa shape index (κ1) is 29.7. The van der Waals surface area contributed by atoms with Crippen LogP contribution in [0.5, 0.6) is 5.75 Å². The molecular weight excluding hydrogens is 560 g/mol. The van der Waals surface area contributed by atoms with Crippen LogP contribution in [-0.2, 0) is 17.6 Å². The molecule has 1 aliphatic heterocycles. The van der Waals surface area contributed by atoms with Gasteiger partial charge in [-0.25, -0.2) is 23.5 Å². The fraction of sp³-hybridized carbons (Fsp3) is 0.387. The molecule has 0 amide bonds. The second kappa shape index (κ2) is 14.4. The monoisotopic (exact) mass is 595 g/mol. The normalized spacial score (nSPS) is 13.5. The third-order valence-electron chi connectivity index (χ3n) is 7.25. The van der Waals surface area contributed by atoms with Crippen LogP contribution >= 0.6 is 11.3 Å². The summed E-state index contributed by atoms with van der Waals surface area (Å²) in [7, 11) is 0. The number of aromatic nitrogens is 2. The van der Waals surface area contributed by atoms with Crippen molar-refractivity contribution in [2.75, 3.05) is 43.4 Å². The molecule has 4 aromatic rings. The molecule has 0 saturated carbocycles. The minimum absolute atomic E-state index is 0.125. The van der Waals surface area contributed by atoms with E-state index in [1.54, 1.807) is 0 Å². The van der Waals surface area contributed by atoms with Gasteiger partial charge < -0.3 is 20.5 Å². The van der Waals surface area contributed by atoms with Gasteiger partial charge in [0.05, 0.1) is 10.2 Å². The van der Waals surface area contributed by atoms with Crippen LogP contribution < -0.4 is 15.4 Å². The van der Waals surface area contributed by atoms with Gasteiger partial charge >= 0.3 is 5.97 Å². The maximum atomic E-state index is 13.6. The van der Waals surface area contributed by atoms with Crippen molar-refractivity contribution < 1.29 is 23.4 Å². The third-order valence-corrected chi connectivity index (χ3v) is 8.21. The van der Waals surface area contributed by atoms with Crippen molar-refractivity contribution in [3.8, 4) is 5.75 Å². The fourth-order valence-corrected chi connectivity index (χ4v) is 5.96. The number of benzene rings is 2. The number of thiazole rings is 1. The lowest BCUT2D eigenvalue weighted by Crippen LogP contribution is -2.37. The number of ether oxygens (including phenoxy) is 1. The predicted molar refractivity (Wildman–Crippen MR) is 162 cm³/mol. The first-order chi connectivity index (χ1) is 20.4. The summed E-state index contributed by atoms with van der Waals surface area (Å²) in [4.78, 5) is 23.5. The first-order valence-corrected chi connectivity index (χ1v) is 15.1. The number of nitrogens with one attached hydrogen (secondary N) is 2. The highest BCUT2D eigenvalue weighted by atomic mass is 32.1. The van der Waals surface area contributed by atoms with Gasteiger partial charge in [-0.1, -0.05) is 29.5 Å². The van der Waals surface area contributed by atoms with Gasteiger partial charge in [0, 0.05) is 43.5 Å². The molecule has 1 unspecified atom stereocenters. The summed E-state index contributed by atoms with van der Waals surface area (Å²) in [5.41, 5.74) is 3.14. The molecule has 222 valence electrons. The number of pyridine rings is 1. The molecule has 3 N–H and O–H groups in total. The smallest absolute Gasteiger partial charge is 0.326 e. The number of unbranched alkanes of at least 4 members (excludes halogenated alkanes) is 1.